The number of aryl methyl sites for hydroxylation is 1. The van der Waals surface area contributed by atoms with E-state index in [-0.39, 0.29) is 6.09 Å². The molecule has 0 aromatic carbocycles. The van der Waals surface area contributed by atoms with Crippen LogP contribution in [-0.2, 0) is 18.3 Å². The van der Waals surface area contributed by atoms with Crippen LogP contribution in [-0.4, -0.2) is 40.8 Å². The summed E-state index contributed by atoms with van der Waals surface area (Å²) in [4.78, 5) is 13.9. The fraction of sp³-hybridized carbons (Fsp3) is 0.722. The van der Waals surface area contributed by atoms with E-state index in [1.165, 1.54) is 17.0 Å². The summed E-state index contributed by atoms with van der Waals surface area (Å²) in [6.45, 7) is 13.4. The highest BCUT2D eigenvalue weighted by Gasteiger charge is 2.29. The van der Waals surface area contributed by atoms with Crippen molar-refractivity contribution in [2.45, 2.75) is 53.2 Å². The fourth-order valence-corrected chi connectivity index (χ4v) is 3.01. The van der Waals surface area contributed by atoms with Gasteiger partial charge in [0.25, 0.3) is 0 Å². The van der Waals surface area contributed by atoms with Gasteiger partial charge in [-0.25, -0.2) is 4.79 Å². The van der Waals surface area contributed by atoms with Gasteiger partial charge in [0.05, 0.1) is 0 Å². The molecule has 1 fully saturated rings. The zero-order valence-corrected chi connectivity index (χ0v) is 15.4. The first-order valence-electron chi connectivity index (χ1n) is 8.48. The van der Waals surface area contributed by atoms with Gasteiger partial charge in [-0.1, -0.05) is 0 Å². The second-order valence-corrected chi connectivity index (χ2v) is 7.67. The highest BCUT2D eigenvalue weighted by molar-refractivity contribution is 5.68. The lowest BCUT2D eigenvalue weighted by molar-refractivity contribution is 0.0288. The molecule has 1 aliphatic rings. The molecule has 5 heteroatoms. The molecule has 130 valence electrons. The highest BCUT2D eigenvalue weighted by Crippen LogP contribution is 2.19. The number of nitrogens with one attached hydrogen (secondary N) is 1. The van der Waals surface area contributed by atoms with Crippen LogP contribution in [0.2, 0.25) is 0 Å². The third-order valence-electron chi connectivity index (χ3n) is 4.57. The lowest BCUT2D eigenvalue weighted by atomic mass is 10.1. The van der Waals surface area contributed by atoms with Gasteiger partial charge in [0.15, 0.2) is 0 Å². The molecule has 1 aromatic heterocycles. The Morgan fingerprint density at radius 2 is 2.09 bits per heavy atom. The molecule has 1 aromatic rings. The quantitative estimate of drug-likeness (QED) is 0.927. The number of rotatable bonds is 4. The van der Waals surface area contributed by atoms with Crippen LogP contribution >= 0.6 is 0 Å². The number of likely N-dealkylation sites (tertiary alicyclic amines) is 1. The van der Waals surface area contributed by atoms with Gasteiger partial charge in [-0.15, -0.1) is 0 Å². The average molecular weight is 321 g/mol. The second kappa shape index (κ2) is 6.95. The SMILES string of the molecule is Cc1cc(CNCC2CCN(C(=O)OC(C)(C)C)C2)c(C)n1C. The number of carbonyl (C=O) groups excluding carboxylic acids is 1. The molecular weight excluding hydrogens is 290 g/mol. The van der Waals surface area contributed by atoms with Crippen molar-refractivity contribution in [3.63, 3.8) is 0 Å². The van der Waals surface area contributed by atoms with E-state index < -0.39 is 5.60 Å². The van der Waals surface area contributed by atoms with E-state index in [1.807, 2.05) is 25.7 Å². The fourth-order valence-electron chi connectivity index (χ4n) is 3.01. The molecule has 1 N–H and O–H groups in total. The Balaban J connectivity index is 1.76. The molecule has 1 aliphatic heterocycles. The summed E-state index contributed by atoms with van der Waals surface area (Å²) in [5, 5.41) is 3.54. The summed E-state index contributed by atoms with van der Waals surface area (Å²) in [6, 6.07) is 2.24. The van der Waals surface area contributed by atoms with Crippen molar-refractivity contribution >= 4 is 6.09 Å². The maximum absolute atomic E-state index is 12.1. The first-order valence-corrected chi connectivity index (χ1v) is 8.48. The van der Waals surface area contributed by atoms with Gasteiger partial charge in [-0.05, 0) is 58.6 Å². The third-order valence-corrected chi connectivity index (χ3v) is 4.57. The smallest absolute Gasteiger partial charge is 0.410 e. The summed E-state index contributed by atoms with van der Waals surface area (Å²) in [5.74, 6) is 0.507. The second-order valence-electron chi connectivity index (χ2n) is 7.67. The molecule has 0 aliphatic carbocycles. The van der Waals surface area contributed by atoms with Crippen molar-refractivity contribution in [1.29, 1.82) is 0 Å². The highest BCUT2D eigenvalue weighted by atomic mass is 16.6. The summed E-state index contributed by atoms with van der Waals surface area (Å²) in [6.07, 6.45) is 0.855. The maximum atomic E-state index is 12.1. The molecule has 23 heavy (non-hydrogen) atoms. The largest absolute Gasteiger partial charge is 0.444 e. The van der Waals surface area contributed by atoms with Crippen molar-refractivity contribution in [3.8, 4) is 0 Å². The molecule has 2 rings (SSSR count). The number of hydrogen-bond donors (Lipinski definition) is 1. The lowest BCUT2D eigenvalue weighted by Crippen LogP contribution is -2.36. The summed E-state index contributed by atoms with van der Waals surface area (Å²) < 4.78 is 7.66. The minimum atomic E-state index is -0.421. The van der Waals surface area contributed by atoms with Gasteiger partial charge in [0.1, 0.15) is 5.60 Å². The molecule has 5 nitrogen and oxygen atoms in total. The van der Waals surface area contributed by atoms with E-state index in [0.717, 1.165) is 32.6 Å². The van der Waals surface area contributed by atoms with Gasteiger partial charge in [-0.3, -0.25) is 0 Å². The van der Waals surface area contributed by atoms with E-state index in [1.54, 1.807) is 0 Å². The van der Waals surface area contributed by atoms with Crippen LogP contribution in [0.3, 0.4) is 0 Å². The zero-order chi connectivity index (χ0) is 17.2. The van der Waals surface area contributed by atoms with Crippen LogP contribution in [0.15, 0.2) is 6.07 Å². The summed E-state index contributed by atoms with van der Waals surface area (Å²) in [7, 11) is 2.10. The molecule has 0 radical (unpaired) electrons. The Labute approximate surface area is 140 Å². The molecule has 1 unspecified atom stereocenters. The van der Waals surface area contributed by atoms with E-state index >= 15 is 0 Å². The van der Waals surface area contributed by atoms with E-state index in [4.69, 9.17) is 4.74 Å². The predicted octanol–water partition coefficient (Wildman–Crippen LogP) is 2.99. The van der Waals surface area contributed by atoms with E-state index in [0.29, 0.717) is 5.92 Å². The number of aromatic nitrogens is 1. The Hall–Kier alpha value is -1.49. The number of hydrogen-bond acceptors (Lipinski definition) is 3. The van der Waals surface area contributed by atoms with Crippen LogP contribution in [0.5, 0.6) is 0 Å². The molecular formula is C18H31N3O2. The molecule has 0 spiro atoms. The van der Waals surface area contributed by atoms with Crippen LogP contribution in [0, 0.1) is 19.8 Å². The Morgan fingerprint density at radius 3 is 2.65 bits per heavy atom. The average Bonchev–Trinajstić information content (AvgIpc) is 2.99. The van der Waals surface area contributed by atoms with Gasteiger partial charge < -0.3 is 19.5 Å². The first kappa shape index (κ1) is 17.9. The van der Waals surface area contributed by atoms with Gasteiger partial charge in [0.2, 0.25) is 0 Å². The first-order chi connectivity index (χ1) is 10.7. The monoisotopic (exact) mass is 321 g/mol. The molecule has 1 atom stereocenters. The Morgan fingerprint density at radius 1 is 1.39 bits per heavy atom. The number of nitrogens with zero attached hydrogens (tertiary/aromatic N) is 2. The van der Waals surface area contributed by atoms with Crippen molar-refractivity contribution in [3.05, 3.63) is 23.0 Å². The van der Waals surface area contributed by atoms with Gasteiger partial charge >= 0.3 is 6.09 Å². The lowest BCUT2D eigenvalue weighted by Gasteiger charge is -2.24. The molecule has 1 saturated heterocycles. The number of ether oxygens (including phenoxy) is 1. The van der Waals surface area contributed by atoms with Gasteiger partial charge in [0, 0.05) is 44.6 Å². The molecule has 1 amide bonds. The summed E-state index contributed by atoms with van der Waals surface area (Å²) >= 11 is 0. The Kier molecular flexibility index (Phi) is 5.40. The van der Waals surface area contributed by atoms with Crippen molar-refractivity contribution in [2.75, 3.05) is 19.6 Å². The minimum Gasteiger partial charge on any atom is -0.444 e. The maximum Gasteiger partial charge on any atom is 0.410 e. The van der Waals surface area contributed by atoms with E-state index in [2.05, 4.69) is 36.8 Å². The van der Waals surface area contributed by atoms with Crippen LogP contribution in [0.1, 0.15) is 44.1 Å². The standard InChI is InChI=1S/C18H31N3O2/c1-13-9-16(14(2)20(13)6)11-19-10-15-7-8-21(12-15)17(22)23-18(3,4)5/h9,15,19H,7-8,10-12H2,1-6H3. The zero-order valence-electron chi connectivity index (χ0n) is 15.4. The topological polar surface area (TPSA) is 46.5 Å². The predicted molar refractivity (Wildman–Crippen MR) is 92.5 cm³/mol. The van der Waals surface area contributed by atoms with Crippen molar-refractivity contribution < 1.29 is 9.53 Å². The van der Waals surface area contributed by atoms with Gasteiger partial charge in [-0.2, -0.15) is 0 Å². The van der Waals surface area contributed by atoms with Crippen molar-refractivity contribution in [2.24, 2.45) is 13.0 Å². The van der Waals surface area contributed by atoms with E-state index in [9.17, 15) is 4.79 Å². The van der Waals surface area contributed by atoms with Crippen LogP contribution < -0.4 is 5.32 Å². The number of carbonyl (C=O) groups is 1. The van der Waals surface area contributed by atoms with Crippen LogP contribution in [0.25, 0.3) is 0 Å². The molecule has 0 saturated carbocycles. The minimum absolute atomic E-state index is 0.186. The summed E-state index contributed by atoms with van der Waals surface area (Å²) in [5.41, 5.74) is 3.54. The third kappa shape index (κ3) is 4.74. The normalized spacial score (nSPS) is 18.5. The van der Waals surface area contributed by atoms with Crippen LogP contribution in [0.4, 0.5) is 4.79 Å². The molecule has 2 heterocycles. The Bertz CT molecular complexity index is 557. The number of amides is 1. The van der Waals surface area contributed by atoms with Crippen molar-refractivity contribution in [1.82, 2.24) is 14.8 Å². The molecule has 0 bridgehead atoms.